The molecule has 2 aromatic rings. The first-order chi connectivity index (χ1) is 17.9. The fourth-order valence-electron chi connectivity index (χ4n) is 6.21. The van der Waals surface area contributed by atoms with Crippen molar-refractivity contribution in [1.29, 1.82) is 0 Å². The summed E-state index contributed by atoms with van der Waals surface area (Å²) in [4.78, 5) is 13.5. The molecule has 1 saturated heterocycles. The lowest BCUT2D eigenvalue weighted by molar-refractivity contribution is -0.0831. The van der Waals surface area contributed by atoms with Crippen molar-refractivity contribution >= 4 is 5.91 Å². The molecule has 1 N–H and O–H groups in total. The Balaban J connectivity index is 1.64. The van der Waals surface area contributed by atoms with Crippen molar-refractivity contribution in [2.45, 2.75) is 115 Å². The molecule has 38 heavy (non-hydrogen) atoms. The van der Waals surface area contributed by atoms with E-state index in [9.17, 15) is 4.79 Å². The number of nitrogens with zero attached hydrogens (tertiary/aromatic N) is 1. The fraction of sp³-hybridized carbons (Fsp3) is 0.656. The molecule has 2 heterocycles. The quantitative estimate of drug-likeness (QED) is 0.419. The first kappa shape index (κ1) is 27.4. The molecule has 1 aromatic carbocycles. The Morgan fingerprint density at radius 2 is 1.68 bits per heavy atom. The molecule has 1 aromatic heterocycles. The highest BCUT2D eigenvalue weighted by atomic mass is 19.3. The summed E-state index contributed by atoms with van der Waals surface area (Å²) < 4.78 is 40.1. The molecule has 0 bridgehead atoms. The van der Waals surface area contributed by atoms with Crippen LogP contribution in [0.25, 0.3) is 5.69 Å². The van der Waals surface area contributed by atoms with Crippen molar-refractivity contribution in [2.75, 3.05) is 13.2 Å². The number of ether oxygens (including phenoxy) is 1. The van der Waals surface area contributed by atoms with Gasteiger partial charge in [-0.1, -0.05) is 53.0 Å². The van der Waals surface area contributed by atoms with Crippen molar-refractivity contribution in [3.63, 3.8) is 0 Å². The Labute approximate surface area is 226 Å². The van der Waals surface area contributed by atoms with E-state index >= 15 is 8.78 Å². The van der Waals surface area contributed by atoms with Gasteiger partial charge in [-0.25, -0.2) is 0 Å². The number of carbonyl (C=O) groups excluding carboxylic acids is 1. The largest absolute Gasteiger partial charge is 0.381 e. The molecule has 0 spiro atoms. The number of aromatic nitrogens is 1. The number of halogens is 2. The van der Waals surface area contributed by atoms with Gasteiger partial charge in [-0.3, -0.25) is 4.79 Å². The summed E-state index contributed by atoms with van der Waals surface area (Å²) in [7, 11) is 0. The monoisotopic (exact) mass is 526 g/mol. The van der Waals surface area contributed by atoms with Crippen LogP contribution in [0.3, 0.4) is 0 Å². The molecule has 6 heteroatoms. The number of hydrogen-bond acceptors (Lipinski definition) is 2. The lowest BCUT2D eigenvalue weighted by Gasteiger charge is -2.32. The average Bonchev–Trinajstić information content (AvgIpc) is 3.54. The third kappa shape index (κ3) is 5.30. The van der Waals surface area contributed by atoms with Gasteiger partial charge in [0.1, 0.15) is 0 Å². The summed E-state index contributed by atoms with van der Waals surface area (Å²) in [5, 5.41) is 3.10. The third-order valence-electron chi connectivity index (χ3n) is 9.25. The Hall–Kier alpha value is -2.21. The first-order valence-corrected chi connectivity index (χ1v) is 14.6. The molecule has 4 nitrogen and oxygen atoms in total. The highest BCUT2D eigenvalue weighted by molar-refractivity contribution is 5.96. The second-order valence-electron chi connectivity index (χ2n) is 13.3. The smallest absolute Gasteiger partial charge is 0.291 e. The van der Waals surface area contributed by atoms with E-state index in [4.69, 9.17) is 4.74 Å². The standard InChI is InChI=1S/C32H44F2N2O2/c1-21-27(29(37)35-25-11-15-38-16-12-25)20-36(28(21)32(33,34)22-9-7-6-8-10-22)26-18-23(30(2,3)4)17-24(19-26)31(5)13-14-31/h17-20,22,25H,6-16H2,1-5H3,(H,35,37). The van der Waals surface area contributed by atoms with Crippen molar-refractivity contribution in [3.05, 3.63) is 52.3 Å². The van der Waals surface area contributed by atoms with Crippen molar-refractivity contribution in [2.24, 2.45) is 5.92 Å². The van der Waals surface area contributed by atoms with Crippen LogP contribution in [0.15, 0.2) is 24.4 Å². The van der Waals surface area contributed by atoms with Crippen LogP contribution in [-0.2, 0) is 21.5 Å². The molecule has 2 saturated carbocycles. The highest BCUT2D eigenvalue weighted by Crippen LogP contribution is 2.50. The van der Waals surface area contributed by atoms with Gasteiger partial charge in [0.2, 0.25) is 0 Å². The molecule has 0 atom stereocenters. The minimum Gasteiger partial charge on any atom is -0.381 e. The molecule has 2 aliphatic carbocycles. The number of amides is 1. The predicted molar refractivity (Wildman–Crippen MR) is 148 cm³/mol. The summed E-state index contributed by atoms with van der Waals surface area (Å²) >= 11 is 0. The Morgan fingerprint density at radius 1 is 1.03 bits per heavy atom. The first-order valence-electron chi connectivity index (χ1n) is 14.6. The SMILES string of the molecule is Cc1c(C(=O)NC2CCOCC2)cn(-c2cc(C(C)(C)C)cc(C3(C)CC3)c2)c1C(F)(F)C1CCCCC1. The molecular formula is C32H44F2N2O2. The van der Waals surface area contributed by atoms with Crippen LogP contribution in [0.5, 0.6) is 0 Å². The van der Waals surface area contributed by atoms with E-state index in [1.165, 1.54) is 5.56 Å². The molecule has 0 radical (unpaired) electrons. The number of benzene rings is 1. The van der Waals surface area contributed by atoms with E-state index in [-0.39, 0.29) is 28.5 Å². The lowest BCUT2D eigenvalue weighted by atomic mass is 9.82. The zero-order valence-corrected chi connectivity index (χ0v) is 23.8. The van der Waals surface area contributed by atoms with Crippen molar-refractivity contribution in [3.8, 4) is 5.69 Å². The number of alkyl halides is 2. The van der Waals surface area contributed by atoms with Gasteiger partial charge < -0.3 is 14.6 Å². The minimum atomic E-state index is -3.02. The van der Waals surface area contributed by atoms with Crippen LogP contribution in [0.4, 0.5) is 8.78 Å². The maximum absolute atomic E-state index is 16.5. The lowest BCUT2D eigenvalue weighted by Crippen LogP contribution is -2.39. The maximum atomic E-state index is 16.5. The van der Waals surface area contributed by atoms with Gasteiger partial charge in [0.05, 0.1) is 11.3 Å². The molecular weight excluding hydrogens is 482 g/mol. The summed E-state index contributed by atoms with van der Waals surface area (Å²) in [6.07, 6.45) is 9.09. The van der Waals surface area contributed by atoms with E-state index in [0.717, 1.165) is 56.2 Å². The van der Waals surface area contributed by atoms with Gasteiger partial charge >= 0.3 is 0 Å². The summed E-state index contributed by atoms with van der Waals surface area (Å²) in [6.45, 7) is 11.7. The van der Waals surface area contributed by atoms with Crippen molar-refractivity contribution in [1.82, 2.24) is 9.88 Å². The van der Waals surface area contributed by atoms with Crippen LogP contribution >= 0.6 is 0 Å². The molecule has 1 amide bonds. The summed E-state index contributed by atoms with van der Waals surface area (Å²) in [5.41, 5.74) is 3.75. The van der Waals surface area contributed by atoms with Gasteiger partial charge in [-0.05, 0) is 85.1 Å². The van der Waals surface area contributed by atoms with E-state index in [2.05, 4.69) is 51.2 Å². The van der Waals surface area contributed by atoms with Gasteiger partial charge in [0.25, 0.3) is 11.8 Å². The average molecular weight is 527 g/mol. The number of nitrogens with one attached hydrogen (secondary N) is 1. The van der Waals surface area contributed by atoms with Crippen LogP contribution < -0.4 is 5.32 Å². The van der Waals surface area contributed by atoms with Crippen LogP contribution in [0, 0.1) is 12.8 Å². The normalized spacial score (nSPS) is 20.9. The fourth-order valence-corrected chi connectivity index (χ4v) is 6.21. The molecule has 1 aliphatic heterocycles. The van der Waals surface area contributed by atoms with Gasteiger partial charge in [0.15, 0.2) is 0 Å². The zero-order chi connectivity index (χ0) is 27.3. The van der Waals surface area contributed by atoms with E-state index < -0.39 is 11.8 Å². The summed E-state index contributed by atoms with van der Waals surface area (Å²) in [5.74, 6) is -4.00. The summed E-state index contributed by atoms with van der Waals surface area (Å²) in [6, 6.07) is 6.40. The van der Waals surface area contributed by atoms with Crippen LogP contribution in [0.1, 0.15) is 118 Å². The van der Waals surface area contributed by atoms with Gasteiger partial charge in [-0.2, -0.15) is 8.78 Å². The predicted octanol–water partition coefficient (Wildman–Crippen LogP) is 7.72. The molecule has 5 rings (SSSR count). The van der Waals surface area contributed by atoms with E-state index in [0.29, 0.717) is 37.2 Å². The highest BCUT2D eigenvalue weighted by Gasteiger charge is 2.46. The van der Waals surface area contributed by atoms with E-state index in [1.54, 1.807) is 17.7 Å². The molecule has 3 fully saturated rings. The Bertz CT molecular complexity index is 1150. The number of hydrogen-bond donors (Lipinski definition) is 1. The van der Waals surface area contributed by atoms with Crippen molar-refractivity contribution < 1.29 is 18.3 Å². The van der Waals surface area contributed by atoms with E-state index in [1.807, 2.05) is 0 Å². The van der Waals surface area contributed by atoms with Gasteiger partial charge in [-0.15, -0.1) is 0 Å². The Morgan fingerprint density at radius 3 is 2.29 bits per heavy atom. The molecule has 0 unspecified atom stereocenters. The number of carbonyl (C=O) groups is 1. The maximum Gasteiger partial charge on any atom is 0.291 e. The van der Waals surface area contributed by atoms with Gasteiger partial charge in [0, 0.05) is 37.1 Å². The topological polar surface area (TPSA) is 43.3 Å². The van der Waals surface area contributed by atoms with Crippen LogP contribution in [-0.4, -0.2) is 29.7 Å². The minimum absolute atomic E-state index is 0.00643. The molecule has 3 aliphatic rings. The zero-order valence-electron chi connectivity index (χ0n) is 23.8. The second-order valence-corrected chi connectivity index (χ2v) is 13.3. The molecule has 208 valence electrons. The number of rotatable bonds is 6. The Kier molecular flexibility index (Phi) is 7.25. The second kappa shape index (κ2) is 10.1. The van der Waals surface area contributed by atoms with Crippen LogP contribution in [0.2, 0.25) is 0 Å². The third-order valence-corrected chi connectivity index (χ3v) is 9.25.